The van der Waals surface area contributed by atoms with Crippen molar-refractivity contribution in [3.05, 3.63) is 22.7 Å². The summed E-state index contributed by atoms with van der Waals surface area (Å²) in [6, 6.07) is -0.732. The molecule has 0 spiro atoms. The summed E-state index contributed by atoms with van der Waals surface area (Å²) in [4.78, 5) is 0. The van der Waals surface area contributed by atoms with Crippen LogP contribution in [0.15, 0.2) is 0 Å². The summed E-state index contributed by atoms with van der Waals surface area (Å²) in [5.74, 6) is -1.28. The minimum atomic E-state index is -1.60. The molecule has 17 heteroatoms. The number of hydrogen-bond acceptors (Lipinski definition) is 10. The molecule has 3 atom stereocenters. The smallest absolute Gasteiger partial charge is 0.679 e. The normalized spacial score (nSPS) is 19.7. The Kier molecular flexibility index (Phi) is 49.7. The first-order chi connectivity index (χ1) is 17.1. The predicted octanol–water partition coefficient (Wildman–Crippen LogP) is 0.374. The van der Waals surface area contributed by atoms with E-state index in [0.29, 0.717) is 32.4 Å². The molecule has 0 amide bonds. The van der Waals surface area contributed by atoms with E-state index in [2.05, 4.69) is 17.6 Å². The molecule has 40 heavy (non-hydrogen) atoms. The summed E-state index contributed by atoms with van der Waals surface area (Å²) in [6.45, 7) is 6.56. The molecule has 0 bridgehead atoms. The molecule has 2 aliphatic rings. The molecule has 1 heterocycles. The van der Waals surface area contributed by atoms with Gasteiger partial charge in [-0.05, 0) is 25.7 Å². The van der Waals surface area contributed by atoms with Crippen molar-refractivity contribution in [1.82, 2.24) is 5.23 Å². The van der Waals surface area contributed by atoms with E-state index in [0.717, 1.165) is 26.1 Å². The van der Waals surface area contributed by atoms with Gasteiger partial charge in [-0.25, -0.2) is 0 Å². The van der Waals surface area contributed by atoms with Crippen molar-refractivity contribution in [3.63, 3.8) is 0 Å². The third-order valence-corrected chi connectivity index (χ3v) is 5.49. The van der Waals surface area contributed by atoms with Crippen LogP contribution in [-0.2, 0) is 45.1 Å². The first-order valence-corrected chi connectivity index (χ1v) is 12.8. The first-order valence-electron chi connectivity index (χ1n) is 12.8. The predicted molar refractivity (Wildman–Crippen MR) is 144 cm³/mol. The van der Waals surface area contributed by atoms with Crippen LogP contribution in [-0.4, -0.2) is 109 Å². The fourth-order valence-corrected chi connectivity index (χ4v) is 3.50. The van der Waals surface area contributed by atoms with Crippen LogP contribution in [0.1, 0.15) is 71.1 Å². The topological polar surface area (TPSA) is 303 Å². The Morgan fingerprint density at radius 3 is 1.85 bits per heavy atom. The SMILES string of the molecule is C1CC[N-]CC1.CCC[N-]CC[NH-].OCCCCC(O)O.O[C-](O)C1CC(C(O)O)CC(N(O)O)C1.[Cu+].[Cu].[OH3+].[OH3+]. The van der Waals surface area contributed by atoms with Crippen molar-refractivity contribution in [1.29, 1.82) is 0 Å². The van der Waals surface area contributed by atoms with Crippen LogP contribution in [0.5, 0.6) is 0 Å². The Morgan fingerprint density at radius 1 is 0.950 bits per heavy atom. The average Bonchev–Trinajstić information content (AvgIpc) is 2.86. The zero-order valence-electron chi connectivity index (χ0n) is 23.3. The van der Waals surface area contributed by atoms with Crippen LogP contribution in [0.4, 0.5) is 0 Å². The molecular formula is C23H56Cu2N4O11-. The summed E-state index contributed by atoms with van der Waals surface area (Å²) in [5.41, 5.74) is 6.69. The van der Waals surface area contributed by atoms with E-state index in [4.69, 9.17) is 51.9 Å². The second-order valence-corrected chi connectivity index (χ2v) is 8.76. The molecule has 1 aliphatic carbocycles. The van der Waals surface area contributed by atoms with Gasteiger partial charge in [-0.15, -0.1) is 25.6 Å². The van der Waals surface area contributed by atoms with E-state index in [1.807, 2.05) is 0 Å². The third-order valence-electron chi connectivity index (χ3n) is 5.49. The van der Waals surface area contributed by atoms with Crippen molar-refractivity contribution in [3.8, 4) is 0 Å². The maximum Gasteiger partial charge on any atom is 1.00 e. The monoisotopic (exact) mass is 690 g/mol. The number of unbranched alkanes of at least 4 members (excludes halogenated alkanes) is 1. The van der Waals surface area contributed by atoms with Gasteiger partial charge in [-0.2, -0.15) is 13.1 Å². The molecule has 1 saturated heterocycles. The van der Waals surface area contributed by atoms with Gasteiger partial charge in [-0.1, -0.05) is 57.0 Å². The summed E-state index contributed by atoms with van der Waals surface area (Å²) in [6.07, 6.45) is 3.77. The van der Waals surface area contributed by atoms with Gasteiger partial charge in [0.25, 0.3) is 0 Å². The van der Waals surface area contributed by atoms with Gasteiger partial charge in [0.1, 0.15) is 0 Å². The summed E-state index contributed by atoms with van der Waals surface area (Å²) < 4.78 is 0. The minimum absolute atomic E-state index is 0. The van der Waals surface area contributed by atoms with Gasteiger partial charge in [0.15, 0.2) is 12.6 Å². The molecule has 1 aliphatic heterocycles. The number of aliphatic hydroxyl groups excluding tert-OH is 4. The Labute approximate surface area is 259 Å². The second-order valence-electron chi connectivity index (χ2n) is 8.76. The van der Waals surface area contributed by atoms with Crippen molar-refractivity contribution >= 4 is 0 Å². The van der Waals surface area contributed by atoms with E-state index in [9.17, 15) is 0 Å². The molecule has 257 valence electrons. The zero-order chi connectivity index (χ0) is 27.8. The van der Waals surface area contributed by atoms with Crippen molar-refractivity contribution in [2.75, 3.05) is 39.3 Å². The number of hydroxylamine groups is 2. The molecule has 15 nitrogen and oxygen atoms in total. The molecule has 3 unspecified atom stereocenters. The molecule has 2 rings (SSSR count). The Hall–Kier alpha value is 0.439. The van der Waals surface area contributed by atoms with Crippen molar-refractivity contribution < 1.29 is 91.2 Å². The minimum Gasteiger partial charge on any atom is -0.679 e. The van der Waals surface area contributed by atoms with Crippen LogP contribution in [0.25, 0.3) is 16.4 Å². The summed E-state index contributed by atoms with van der Waals surface area (Å²) in [5, 5.41) is 86.3. The van der Waals surface area contributed by atoms with Crippen LogP contribution < -0.4 is 0 Å². The standard InChI is InChI=1S/C8H16NO6.C5H12N2.C5H10N.C5H12O3.2Cu.2H2O/c10-7(11)4-1-5(8(12)13)3-6(2-4)9(14)15;1-2-4-7-5-3-6;1-2-4-6-5-3-1;6-4-2-1-3-5(7)8;;;;/h4-7,10-15H,1-3H2;6H,2-5H2,1H3;1-5H2;5-8H,1-4H2;;;2*1H2/q-1;-2;-1;;;+1;;/p+2. The summed E-state index contributed by atoms with van der Waals surface area (Å²) in [7, 11) is 0. The zero-order valence-corrected chi connectivity index (χ0v) is 25.2. The number of piperidine rings is 1. The number of hydrogen-bond donors (Lipinski definition) is 9. The molecule has 0 aromatic rings. The van der Waals surface area contributed by atoms with E-state index >= 15 is 0 Å². The van der Waals surface area contributed by atoms with E-state index in [-0.39, 0.29) is 76.2 Å². The van der Waals surface area contributed by atoms with Crippen LogP contribution in [0.3, 0.4) is 0 Å². The molecule has 1 saturated carbocycles. The number of aliphatic hydroxyl groups is 7. The van der Waals surface area contributed by atoms with Gasteiger partial charge in [0.05, 0.1) is 6.04 Å². The van der Waals surface area contributed by atoms with Crippen LogP contribution in [0, 0.1) is 18.1 Å². The van der Waals surface area contributed by atoms with Gasteiger partial charge in [0.2, 0.25) is 0 Å². The molecular weight excluding hydrogens is 635 g/mol. The van der Waals surface area contributed by atoms with Gasteiger partial charge in [0, 0.05) is 29.6 Å². The maximum atomic E-state index is 8.98. The number of rotatable bonds is 11. The molecule has 0 aromatic heterocycles. The Morgan fingerprint density at radius 2 is 1.52 bits per heavy atom. The largest absolute Gasteiger partial charge is 1.00 e. The van der Waals surface area contributed by atoms with Gasteiger partial charge >= 0.3 is 17.1 Å². The van der Waals surface area contributed by atoms with Crippen LogP contribution >= 0.6 is 0 Å². The summed E-state index contributed by atoms with van der Waals surface area (Å²) >= 11 is 0. The second kappa shape index (κ2) is 37.5. The maximum absolute atomic E-state index is 8.98. The van der Waals surface area contributed by atoms with Gasteiger partial charge < -0.3 is 63.1 Å². The van der Waals surface area contributed by atoms with Crippen molar-refractivity contribution in [2.45, 2.75) is 89.8 Å². The average molecular weight is 692 g/mol. The fraction of sp³-hybridized carbons (Fsp3) is 0.957. The van der Waals surface area contributed by atoms with E-state index in [1.165, 1.54) is 19.3 Å². The van der Waals surface area contributed by atoms with E-state index < -0.39 is 36.7 Å². The Balaban J connectivity index is -0.000000100. The molecule has 0 aromatic carbocycles. The van der Waals surface area contributed by atoms with Crippen LogP contribution in [0.2, 0.25) is 0 Å². The van der Waals surface area contributed by atoms with Crippen molar-refractivity contribution in [2.24, 2.45) is 11.8 Å². The molecule has 1 radical (unpaired) electrons. The third kappa shape index (κ3) is 34.6. The Bertz CT molecular complexity index is 406. The quantitative estimate of drug-likeness (QED) is 0.0358. The number of nitrogens with zero attached hydrogens (tertiary/aromatic N) is 3. The molecule has 2 fully saturated rings. The molecule has 16 N–H and O–H groups in total. The van der Waals surface area contributed by atoms with E-state index in [1.54, 1.807) is 0 Å². The number of nitrogens with one attached hydrogen (secondary N) is 1. The first kappa shape index (κ1) is 53.0. The fourth-order valence-electron chi connectivity index (χ4n) is 3.50. The van der Waals surface area contributed by atoms with Gasteiger partial charge in [-0.3, -0.25) is 10.4 Å².